The van der Waals surface area contributed by atoms with Crippen molar-refractivity contribution >= 4 is 23.7 Å². The first-order valence-electron chi connectivity index (χ1n) is 1.91. The molecule has 0 saturated carbocycles. The summed E-state index contributed by atoms with van der Waals surface area (Å²) in [6.45, 7) is 4.44. The van der Waals surface area contributed by atoms with Crippen molar-refractivity contribution in [3.63, 3.8) is 0 Å². The first-order chi connectivity index (χ1) is 3.15. The second-order valence-corrected chi connectivity index (χ2v) is 0.927. The van der Waals surface area contributed by atoms with Crippen LogP contribution in [0.3, 0.4) is 0 Å². The molecule has 0 amide bonds. The molecule has 7 heavy (non-hydrogen) atoms. The van der Waals surface area contributed by atoms with Gasteiger partial charge in [-0.15, -0.1) is 0 Å². The minimum absolute atomic E-state index is 0.833. The third-order valence-electron chi connectivity index (χ3n) is 0. The van der Waals surface area contributed by atoms with Crippen molar-refractivity contribution in [3.8, 4) is 0 Å². The molecular formula is C4H7LiO2. The number of hydrogen-bond donors (Lipinski definition) is 1. The molecule has 0 aliphatic heterocycles. The molecule has 0 bridgehead atoms. The van der Waals surface area contributed by atoms with Crippen LogP contribution in [0.5, 0.6) is 0 Å². The Morgan fingerprint density at radius 3 is 2.00 bits per heavy atom. The van der Waals surface area contributed by atoms with Crippen LogP contribution in [-0.2, 0) is 4.79 Å². The summed E-state index contributed by atoms with van der Waals surface area (Å²) in [6, 6.07) is 0. The summed E-state index contributed by atoms with van der Waals surface area (Å²) >= 11 is 1.89. The van der Waals surface area contributed by atoms with Gasteiger partial charge in [0.05, 0.1) is 0 Å². The predicted octanol–water partition coefficient (Wildman–Crippen LogP) is 0.389. The summed E-state index contributed by atoms with van der Waals surface area (Å²) in [5, 5.41) is 7.42. The van der Waals surface area contributed by atoms with E-state index < -0.39 is 5.97 Å². The molecule has 0 spiro atoms. The van der Waals surface area contributed by atoms with Crippen LogP contribution in [0, 0.1) is 0 Å². The Labute approximate surface area is 52.4 Å². The second kappa shape index (κ2) is 9.26. The van der Waals surface area contributed by atoms with E-state index in [2.05, 4.69) is 6.58 Å². The Bertz CT molecular complexity index is 56.7. The van der Waals surface area contributed by atoms with E-state index in [9.17, 15) is 0 Å². The fraction of sp³-hybridized carbons (Fsp3) is 0.250. The average molecular weight is 94.0 g/mol. The maximum atomic E-state index is 9.00. The van der Waals surface area contributed by atoms with E-state index in [4.69, 9.17) is 9.90 Å². The topological polar surface area (TPSA) is 37.3 Å². The van der Waals surface area contributed by atoms with Crippen LogP contribution >= 0.6 is 0 Å². The van der Waals surface area contributed by atoms with Crippen molar-refractivity contribution < 1.29 is 9.90 Å². The molecule has 0 aromatic heterocycles. The molecule has 0 atom stereocenters. The van der Waals surface area contributed by atoms with Gasteiger partial charge in [-0.2, -0.15) is 0 Å². The van der Waals surface area contributed by atoms with Gasteiger partial charge in [0.15, 0.2) is 0 Å². The predicted molar refractivity (Wildman–Crippen MR) is 29.3 cm³/mol. The van der Waals surface area contributed by atoms with Crippen LogP contribution in [0.4, 0.5) is 0 Å². The van der Waals surface area contributed by atoms with Gasteiger partial charge in [0.1, 0.15) is 0 Å². The Morgan fingerprint density at radius 2 is 2.00 bits per heavy atom. The van der Waals surface area contributed by atoms with Crippen molar-refractivity contribution in [2.75, 3.05) is 0 Å². The van der Waals surface area contributed by atoms with Gasteiger partial charge in [-0.1, -0.05) is 0 Å². The number of carboxylic acids is 1. The minimum atomic E-state index is -0.833. The zero-order chi connectivity index (χ0) is 6.28. The van der Waals surface area contributed by atoms with Gasteiger partial charge in [-0.05, 0) is 0 Å². The van der Waals surface area contributed by atoms with E-state index in [0.717, 1.165) is 6.92 Å². The molecular weight excluding hydrogens is 87.0 g/mol. The van der Waals surface area contributed by atoms with E-state index in [1.807, 2.05) is 17.7 Å². The van der Waals surface area contributed by atoms with Crippen LogP contribution in [-0.4, -0.2) is 28.8 Å². The van der Waals surface area contributed by atoms with Crippen LogP contribution in [0.15, 0.2) is 11.3 Å². The molecule has 36 valence electrons. The zero-order valence-electron chi connectivity index (χ0n) is 4.64. The zero-order valence-corrected chi connectivity index (χ0v) is 4.64. The van der Waals surface area contributed by atoms with Gasteiger partial charge in [0.25, 0.3) is 5.97 Å². The van der Waals surface area contributed by atoms with E-state index in [0.29, 0.717) is 0 Å². The number of aliphatic carboxylic acids is 1. The summed E-state index contributed by atoms with van der Waals surface area (Å²) < 4.78 is 1.75. The van der Waals surface area contributed by atoms with Gasteiger partial charge < -0.3 is 5.11 Å². The molecule has 0 heterocycles. The average Bonchev–Trinajstić information content (AvgIpc) is 1.33. The maximum absolute atomic E-state index is 9.00. The van der Waals surface area contributed by atoms with Crippen LogP contribution in [0.2, 0.25) is 0 Å². The molecule has 0 radical (unpaired) electrons. The van der Waals surface area contributed by atoms with Gasteiger partial charge >= 0.3 is 29.0 Å². The quantitative estimate of drug-likeness (QED) is 0.441. The van der Waals surface area contributed by atoms with E-state index in [1.54, 1.807) is 4.75 Å². The first-order valence-corrected chi connectivity index (χ1v) is 1.91. The molecule has 0 saturated heterocycles. The summed E-state index contributed by atoms with van der Waals surface area (Å²) in [5.41, 5.74) is 0. The van der Waals surface area contributed by atoms with Crippen LogP contribution < -0.4 is 0 Å². The van der Waals surface area contributed by atoms with Gasteiger partial charge in [0.2, 0.25) is 0 Å². The Hall–Kier alpha value is -0.193. The number of carbonyl (C=O) groups is 1. The Balaban J connectivity index is 0. The van der Waals surface area contributed by atoms with Gasteiger partial charge in [-0.3, -0.25) is 4.79 Å². The monoisotopic (exact) mass is 94.1 g/mol. The summed E-state index contributed by atoms with van der Waals surface area (Å²) in [4.78, 5) is 9.00. The van der Waals surface area contributed by atoms with Crippen molar-refractivity contribution in [2.45, 2.75) is 6.92 Å². The number of hydrogen-bond acceptors (Lipinski definition) is 1. The molecule has 0 fully saturated rings. The van der Waals surface area contributed by atoms with Crippen LogP contribution in [0.1, 0.15) is 6.92 Å². The molecule has 0 aromatic rings. The van der Waals surface area contributed by atoms with Crippen molar-refractivity contribution in [2.24, 2.45) is 0 Å². The molecule has 1 N–H and O–H groups in total. The van der Waals surface area contributed by atoms with E-state index in [-0.39, 0.29) is 0 Å². The molecule has 2 nitrogen and oxygen atoms in total. The van der Waals surface area contributed by atoms with Gasteiger partial charge in [0, 0.05) is 6.92 Å². The standard InChI is InChI=1S/C2H4O2.C2H3.Li/c1-2(3)4;1-2;/h1H3,(H,3,4);1H,2H2;. The third-order valence-corrected chi connectivity index (χ3v) is 0. The normalized spacial score (nSPS) is 5.57. The second-order valence-electron chi connectivity index (χ2n) is 0.927. The summed E-state index contributed by atoms with van der Waals surface area (Å²) in [5.74, 6) is -0.833. The van der Waals surface area contributed by atoms with Gasteiger partial charge in [-0.25, -0.2) is 0 Å². The number of carboxylic acid groups (broad SMARTS) is 1. The van der Waals surface area contributed by atoms with Crippen molar-refractivity contribution in [1.29, 1.82) is 0 Å². The molecule has 0 unspecified atom stereocenters. The van der Waals surface area contributed by atoms with Crippen molar-refractivity contribution in [1.82, 2.24) is 0 Å². The summed E-state index contributed by atoms with van der Waals surface area (Å²) in [7, 11) is 0. The van der Waals surface area contributed by atoms with E-state index in [1.165, 1.54) is 0 Å². The fourth-order valence-electron chi connectivity index (χ4n) is 0. The molecule has 0 aliphatic rings. The third kappa shape index (κ3) is 2270. The van der Waals surface area contributed by atoms with Crippen LogP contribution in [0.25, 0.3) is 0 Å². The molecule has 3 heteroatoms. The summed E-state index contributed by atoms with van der Waals surface area (Å²) in [6.07, 6.45) is 0. The first kappa shape index (κ1) is 9.93. The molecule has 0 aliphatic carbocycles. The molecule has 0 rings (SSSR count). The fourth-order valence-corrected chi connectivity index (χ4v) is 0. The Morgan fingerprint density at radius 1 is 2.00 bits per heavy atom. The Kier molecular flexibility index (Phi) is 13.1. The SMILES string of the molecule is CC(=O)O.[Li][CH]=C. The molecule has 0 aromatic carbocycles. The van der Waals surface area contributed by atoms with Crippen molar-refractivity contribution in [3.05, 3.63) is 11.3 Å². The van der Waals surface area contributed by atoms with E-state index >= 15 is 0 Å². The number of rotatable bonds is 0.